The van der Waals surface area contributed by atoms with E-state index >= 15 is 0 Å². The minimum atomic E-state index is 0.556. The van der Waals surface area contributed by atoms with Crippen LogP contribution in [-0.2, 0) is 0 Å². The van der Waals surface area contributed by atoms with Crippen LogP contribution in [0, 0.1) is 19.3 Å². The molecule has 0 aliphatic carbocycles. The van der Waals surface area contributed by atoms with Crippen LogP contribution < -0.4 is 4.90 Å². The number of anilines is 1. The first kappa shape index (κ1) is 13.3. The first-order valence-corrected chi connectivity index (χ1v) is 6.63. The zero-order valence-corrected chi connectivity index (χ0v) is 11.8. The van der Waals surface area contributed by atoms with Gasteiger partial charge in [0, 0.05) is 17.8 Å². The van der Waals surface area contributed by atoms with Gasteiger partial charge in [0.15, 0.2) is 0 Å². The van der Waals surface area contributed by atoms with Crippen molar-refractivity contribution in [3.63, 3.8) is 0 Å². The Labute approximate surface area is 115 Å². The Hall–Kier alpha value is -2.09. The molecule has 1 N–H and O–H groups in total. The molecule has 2 aromatic rings. The molecule has 0 atom stereocenters. The molecule has 0 radical (unpaired) electrons. The fourth-order valence-corrected chi connectivity index (χ4v) is 2.41. The van der Waals surface area contributed by atoms with Crippen molar-refractivity contribution >= 4 is 11.5 Å². The summed E-state index contributed by atoms with van der Waals surface area (Å²) in [6.45, 7) is 7.08. The molecule has 0 amide bonds. The van der Waals surface area contributed by atoms with E-state index in [9.17, 15) is 0 Å². The monoisotopic (exact) mass is 252 g/mol. The molecule has 2 rings (SSSR count). The lowest BCUT2D eigenvalue weighted by Gasteiger charge is -2.27. The predicted octanol–water partition coefficient (Wildman–Crippen LogP) is 4.16. The van der Waals surface area contributed by atoms with Gasteiger partial charge in [0.25, 0.3) is 0 Å². The van der Waals surface area contributed by atoms with Crippen LogP contribution in [0.2, 0.25) is 0 Å². The number of hydrogen-bond donors (Lipinski definition) is 1. The second-order valence-electron chi connectivity index (χ2n) is 4.70. The fourth-order valence-electron chi connectivity index (χ4n) is 2.41. The first-order valence-electron chi connectivity index (χ1n) is 6.63. The number of nitrogens with one attached hydrogen (secondary N) is 1. The smallest absolute Gasteiger partial charge is 0.132 e. The van der Waals surface area contributed by atoms with Gasteiger partial charge in [-0.3, -0.25) is 5.41 Å². The van der Waals surface area contributed by atoms with Crippen LogP contribution in [0.25, 0.3) is 0 Å². The number of para-hydroxylation sites is 1. The maximum Gasteiger partial charge on any atom is 0.132 e. The van der Waals surface area contributed by atoms with Gasteiger partial charge >= 0.3 is 0 Å². The molecule has 0 aliphatic heterocycles. The summed E-state index contributed by atoms with van der Waals surface area (Å²) in [6, 6.07) is 16.2. The van der Waals surface area contributed by atoms with Gasteiger partial charge in [-0.1, -0.05) is 48.5 Å². The van der Waals surface area contributed by atoms with Gasteiger partial charge in [-0.05, 0) is 31.9 Å². The molecule has 0 unspecified atom stereocenters. The number of aryl methyl sites for hydroxylation is 2. The number of rotatable bonds is 3. The van der Waals surface area contributed by atoms with Crippen LogP contribution in [0.5, 0.6) is 0 Å². The number of benzene rings is 2. The standard InChI is InChI=1S/C17H20N2/c1-4-19(16-13(2)9-8-10-14(16)3)17(18)15-11-6-5-7-12-15/h5-12,18H,4H2,1-3H3. The lowest BCUT2D eigenvalue weighted by Crippen LogP contribution is -2.31. The Morgan fingerprint density at radius 1 is 0.947 bits per heavy atom. The highest BCUT2D eigenvalue weighted by Crippen LogP contribution is 2.25. The van der Waals surface area contributed by atoms with Gasteiger partial charge < -0.3 is 4.90 Å². The van der Waals surface area contributed by atoms with E-state index in [1.807, 2.05) is 30.3 Å². The summed E-state index contributed by atoms with van der Waals surface area (Å²) in [5.41, 5.74) is 4.52. The van der Waals surface area contributed by atoms with Gasteiger partial charge in [-0.15, -0.1) is 0 Å². The van der Waals surface area contributed by atoms with Crippen LogP contribution in [0.15, 0.2) is 48.5 Å². The van der Waals surface area contributed by atoms with Gasteiger partial charge in [0.1, 0.15) is 5.84 Å². The highest BCUT2D eigenvalue weighted by Gasteiger charge is 2.15. The van der Waals surface area contributed by atoms with Gasteiger partial charge in [-0.2, -0.15) is 0 Å². The molecule has 0 saturated carbocycles. The Bertz CT molecular complexity index is 553. The lowest BCUT2D eigenvalue weighted by atomic mass is 10.1. The molecule has 0 aromatic heterocycles. The highest BCUT2D eigenvalue weighted by molar-refractivity contribution is 6.08. The number of amidine groups is 1. The number of nitrogens with zero attached hydrogens (tertiary/aromatic N) is 1. The summed E-state index contributed by atoms with van der Waals surface area (Å²) >= 11 is 0. The average Bonchev–Trinajstić information content (AvgIpc) is 2.43. The van der Waals surface area contributed by atoms with E-state index in [1.165, 1.54) is 11.1 Å². The van der Waals surface area contributed by atoms with Gasteiger partial charge in [-0.25, -0.2) is 0 Å². The molecule has 2 heteroatoms. The van der Waals surface area contributed by atoms with Crippen LogP contribution in [0.4, 0.5) is 5.69 Å². The Kier molecular flexibility index (Phi) is 4.00. The summed E-state index contributed by atoms with van der Waals surface area (Å²) in [5.74, 6) is 0.556. The molecular weight excluding hydrogens is 232 g/mol. The van der Waals surface area contributed by atoms with E-state index in [0.717, 1.165) is 17.8 Å². The topological polar surface area (TPSA) is 27.1 Å². The quantitative estimate of drug-likeness (QED) is 0.644. The minimum absolute atomic E-state index is 0.556. The van der Waals surface area contributed by atoms with Crippen LogP contribution >= 0.6 is 0 Å². The Balaban J connectivity index is 2.43. The molecule has 0 spiro atoms. The summed E-state index contributed by atoms with van der Waals surface area (Å²) in [6.07, 6.45) is 0. The third-order valence-electron chi connectivity index (χ3n) is 3.34. The summed E-state index contributed by atoms with van der Waals surface area (Å²) in [5, 5.41) is 8.44. The fraction of sp³-hybridized carbons (Fsp3) is 0.235. The second-order valence-corrected chi connectivity index (χ2v) is 4.70. The minimum Gasteiger partial charge on any atom is -0.326 e. The van der Waals surface area contributed by atoms with Crippen LogP contribution in [0.1, 0.15) is 23.6 Å². The van der Waals surface area contributed by atoms with Crippen molar-refractivity contribution in [3.8, 4) is 0 Å². The first-order chi connectivity index (χ1) is 9.15. The summed E-state index contributed by atoms with van der Waals surface area (Å²) in [7, 11) is 0. The van der Waals surface area contributed by atoms with E-state index in [0.29, 0.717) is 5.84 Å². The van der Waals surface area contributed by atoms with Crippen molar-refractivity contribution in [2.75, 3.05) is 11.4 Å². The van der Waals surface area contributed by atoms with Gasteiger partial charge in [0.05, 0.1) is 0 Å². The maximum absolute atomic E-state index is 8.44. The van der Waals surface area contributed by atoms with Crippen molar-refractivity contribution in [3.05, 3.63) is 65.2 Å². The zero-order chi connectivity index (χ0) is 13.8. The van der Waals surface area contributed by atoms with Gasteiger partial charge in [0.2, 0.25) is 0 Å². The molecule has 98 valence electrons. The van der Waals surface area contributed by atoms with Crippen LogP contribution in [0.3, 0.4) is 0 Å². The number of hydrogen-bond acceptors (Lipinski definition) is 1. The van der Waals surface area contributed by atoms with Crippen molar-refractivity contribution < 1.29 is 0 Å². The van der Waals surface area contributed by atoms with E-state index < -0.39 is 0 Å². The Morgan fingerprint density at radius 3 is 2.05 bits per heavy atom. The predicted molar refractivity (Wildman–Crippen MR) is 82.2 cm³/mol. The average molecular weight is 252 g/mol. The largest absolute Gasteiger partial charge is 0.326 e. The van der Waals surface area contributed by atoms with E-state index in [1.54, 1.807) is 0 Å². The molecular formula is C17H20N2. The molecule has 0 saturated heterocycles. The zero-order valence-electron chi connectivity index (χ0n) is 11.8. The molecule has 0 bridgehead atoms. The second kappa shape index (κ2) is 5.70. The van der Waals surface area contributed by atoms with Crippen molar-refractivity contribution in [1.82, 2.24) is 0 Å². The SMILES string of the molecule is CCN(C(=N)c1ccccc1)c1c(C)cccc1C. The summed E-state index contributed by atoms with van der Waals surface area (Å²) < 4.78 is 0. The van der Waals surface area contributed by atoms with Crippen LogP contribution in [-0.4, -0.2) is 12.4 Å². The molecule has 2 aromatic carbocycles. The molecule has 19 heavy (non-hydrogen) atoms. The summed E-state index contributed by atoms with van der Waals surface area (Å²) in [4.78, 5) is 2.07. The van der Waals surface area contributed by atoms with Crippen molar-refractivity contribution in [1.29, 1.82) is 5.41 Å². The van der Waals surface area contributed by atoms with Crippen molar-refractivity contribution in [2.24, 2.45) is 0 Å². The highest BCUT2D eigenvalue weighted by atomic mass is 15.2. The molecule has 0 aliphatic rings. The van der Waals surface area contributed by atoms with E-state index in [4.69, 9.17) is 5.41 Å². The van der Waals surface area contributed by atoms with E-state index in [2.05, 4.69) is 43.9 Å². The van der Waals surface area contributed by atoms with Crippen molar-refractivity contribution in [2.45, 2.75) is 20.8 Å². The lowest BCUT2D eigenvalue weighted by molar-refractivity contribution is 1.03. The third kappa shape index (κ3) is 2.68. The van der Waals surface area contributed by atoms with E-state index in [-0.39, 0.29) is 0 Å². The molecule has 0 fully saturated rings. The molecule has 2 nitrogen and oxygen atoms in total. The molecule has 0 heterocycles. The third-order valence-corrected chi connectivity index (χ3v) is 3.34. The maximum atomic E-state index is 8.44. The normalized spacial score (nSPS) is 10.3. The Morgan fingerprint density at radius 2 is 1.53 bits per heavy atom.